The molecule has 5 rings (SSSR count). The Morgan fingerprint density at radius 2 is 1.61 bits per heavy atom. The second-order valence-corrected chi connectivity index (χ2v) is 9.98. The molecule has 1 amide bonds. The van der Waals surface area contributed by atoms with Crippen LogP contribution >= 0.6 is 0 Å². The van der Waals surface area contributed by atoms with Gasteiger partial charge in [0.15, 0.2) is 0 Å². The highest BCUT2D eigenvalue weighted by Crippen LogP contribution is 2.50. The number of nitrogens with one attached hydrogen (secondary N) is 1. The second kappa shape index (κ2) is 9.52. The molecule has 3 aromatic rings. The number of piperidine rings is 2. The zero-order valence-corrected chi connectivity index (χ0v) is 20.4. The molecule has 2 atom stereocenters. The first kappa shape index (κ1) is 24.8. The van der Waals surface area contributed by atoms with E-state index in [0.717, 1.165) is 26.6 Å². The number of methoxy groups -OCH3 is 1. The van der Waals surface area contributed by atoms with Crippen LogP contribution in [-0.4, -0.2) is 50.3 Å². The van der Waals surface area contributed by atoms with Crippen LogP contribution in [0.25, 0.3) is 10.8 Å². The molecule has 2 saturated heterocycles. The summed E-state index contributed by atoms with van der Waals surface area (Å²) < 4.78 is 49.7. The van der Waals surface area contributed by atoms with Gasteiger partial charge in [-0.3, -0.25) is 4.79 Å². The minimum absolute atomic E-state index is 0.0448. The second-order valence-electron chi connectivity index (χ2n) is 9.98. The van der Waals surface area contributed by atoms with E-state index in [1.807, 2.05) is 18.2 Å². The summed E-state index contributed by atoms with van der Waals surface area (Å²) in [5, 5.41) is 4.48. The zero-order chi connectivity index (χ0) is 25.4. The number of carbonyl (C=O) groups excluding carboxylic acids is 1. The number of benzene rings is 3. The largest absolute Gasteiger partial charge is 0.431 e. The lowest BCUT2D eigenvalue weighted by atomic mass is 9.62. The van der Waals surface area contributed by atoms with Crippen molar-refractivity contribution in [2.24, 2.45) is 5.41 Å². The minimum Gasteiger partial charge on any atom is -0.356 e. The number of alkyl halides is 3. The van der Waals surface area contributed by atoms with E-state index in [2.05, 4.69) is 17.4 Å². The van der Waals surface area contributed by atoms with Crippen molar-refractivity contribution in [2.45, 2.75) is 37.0 Å². The number of nitrogens with zero attached hydrogens (tertiary/aromatic N) is 1. The molecule has 2 fully saturated rings. The van der Waals surface area contributed by atoms with E-state index in [1.165, 1.54) is 16.5 Å². The van der Waals surface area contributed by atoms with Crippen LogP contribution in [-0.2, 0) is 15.1 Å². The predicted octanol–water partition coefficient (Wildman–Crippen LogP) is 5.63. The summed E-state index contributed by atoms with van der Waals surface area (Å²) in [7, 11) is 0.983. The Hall–Kier alpha value is -2.90. The lowest BCUT2D eigenvalue weighted by Gasteiger charge is -2.50. The molecular formula is C29H31F3N2O2. The molecule has 4 nitrogen and oxygen atoms in total. The number of fused-ring (bicyclic) bond motifs is 1. The van der Waals surface area contributed by atoms with Crippen LogP contribution in [0.15, 0.2) is 72.8 Å². The summed E-state index contributed by atoms with van der Waals surface area (Å²) in [6.07, 6.45) is -2.67. The molecule has 7 heteroatoms. The summed E-state index contributed by atoms with van der Waals surface area (Å²) in [5.41, 5.74) is -2.03. The Morgan fingerprint density at radius 3 is 2.31 bits per heavy atom. The molecule has 2 heterocycles. The first-order valence-corrected chi connectivity index (χ1v) is 12.5. The Morgan fingerprint density at radius 1 is 0.944 bits per heavy atom. The number of amides is 1. The molecule has 0 aliphatic carbocycles. The van der Waals surface area contributed by atoms with E-state index >= 15 is 0 Å². The number of ether oxygens (including phenoxy) is 1. The van der Waals surface area contributed by atoms with E-state index in [1.54, 1.807) is 36.4 Å². The summed E-state index contributed by atoms with van der Waals surface area (Å²) in [5.74, 6) is -0.772. The number of hydrogen-bond acceptors (Lipinski definition) is 3. The van der Waals surface area contributed by atoms with Gasteiger partial charge in [-0.25, -0.2) is 0 Å². The third kappa shape index (κ3) is 3.98. The third-order valence-electron chi connectivity index (χ3n) is 8.31. The number of hydrogen-bond donors (Lipinski definition) is 1. The van der Waals surface area contributed by atoms with Gasteiger partial charge in [0.25, 0.3) is 11.5 Å². The van der Waals surface area contributed by atoms with Gasteiger partial charge < -0.3 is 15.0 Å². The van der Waals surface area contributed by atoms with Crippen molar-refractivity contribution < 1.29 is 22.7 Å². The van der Waals surface area contributed by atoms with Crippen molar-refractivity contribution >= 4 is 16.7 Å². The molecular weight excluding hydrogens is 465 g/mol. The van der Waals surface area contributed by atoms with Gasteiger partial charge in [0, 0.05) is 38.2 Å². The van der Waals surface area contributed by atoms with Crippen molar-refractivity contribution in [1.82, 2.24) is 10.2 Å². The SMILES string of the molecule is CO[C@@](C(=O)N1CCC2(CCNC[C@H]2c2ccccc2)CC1)(c1cccc2ccccc12)C(F)(F)F. The molecule has 2 aliphatic heterocycles. The highest BCUT2D eigenvalue weighted by molar-refractivity contribution is 5.95. The Balaban J connectivity index is 1.48. The van der Waals surface area contributed by atoms with E-state index in [0.29, 0.717) is 23.6 Å². The fourth-order valence-corrected chi connectivity index (χ4v) is 6.34. The Labute approximate surface area is 209 Å². The Kier molecular flexibility index (Phi) is 6.55. The minimum atomic E-state index is -4.93. The molecule has 3 aromatic carbocycles. The number of likely N-dealkylation sites (tertiary alicyclic amines) is 1. The zero-order valence-electron chi connectivity index (χ0n) is 20.4. The average Bonchev–Trinajstić information content (AvgIpc) is 2.90. The first-order valence-electron chi connectivity index (χ1n) is 12.5. The first-order chi connectivity index (χ1) is 17.3. The van der Waals surface area contributed by atoms with Crippen LogP contribution < -0.4 is 5.32 Å². The maximum atomic E-state index is 14.8. The molecule has 0 unspecified atom stereocenters. The van der Waals surface area contributed by atoms with Crippen LogP contribution in [0.2, 0.25) is 0 Å². The predicted molar refractivity (Wildman–Crippen MR) is 134 cm³/mol. The summed E-state index contributed by atoms with van der Waals surface area (Å²) in [4.78, 5) is 15.2. The molecule has 1 N–H and O–H groups in total. The maximum Gasteiger partial charge on any atom is 0.431 e. The fraction of sp³-hybridized carbons (Fsp3) is 0.414. The standard InChI is InChI=1S/C29H31F3N2O2/c1-36-28(29(30,31)32,24-13-7-11-21-8-5-6-12-23(21)24)26(35)34-18-15-27(16-19-34)14-17-33-20-25(27)22-9-3-2-4-10-22/h2-13,25,33H,14-20H2,1H3/t25-,28+/m0/s1. The summed E-state index contributed by atoms with van der Waals surface area (Å²) in [6.45, 7) is 2.25. The lowest BCUT2D eigenvalue weighted by Crippen LogP contribution is -2.60. The van der Waals surface area contributed by atoms with Crippen molar-refractivity contribution in [3.63, 3.8) is 0 Å². The summed E-state index contributed by atoms with van der Waals surface area (Å²) in [6, 6.07) is 21.7. The van der Waals surface area contributed by atoms with E-state index in [9.17, 15) is 18.0 Å². The third-order valence-corrected chi connectivity index (χ3v) is 8.31. The molecule has 0 radical (unpaired) electrons. The lowest BCUT2D eigenvalue weighted by molar-refractivity contribution is -0.270. The van der Waals surface area contributed by atoms with Crippen molar-refractivity contribution in [1.29, 1.82) is 0 Å². The number of halogens is 3. The quantitative estimate of drug-likeness (QED) is 0.509. The molecule has 0 bridgehead atoms. The smallest absolute Gasteiger partial charge is 0.356 e. The number of carbonyl (C=O) groups is 1. The topological polar surface area (TPSA) is 41.6 Å². The molecule has 2 aliphatic rings. The number of rotatable bonds is 4. The van der Waals surface area contributed by atoms with Crippen LogP contribution in [0.5, 0.6) is 0 Å². The van der Waals surface area contributed by atoms with Gasteiger partial charge >= 0.3 is 6.18 Å². The van der Waals surface area contributed by atoms with Crippen molar-refractivity contribution in [2.75, 3.05) is 33.3 Å². The average molecular weight is 497 g/mol. The van der Waals surface area contributed by atoms with Crippen molar-refractivity contribution in [3.05, 3.63) is 83.9 Å². The monoisotopic (exact) mass is 496 g/mol. The molecule has 190 valence electrons. The van der Waals surface area contributed by atoms with Crippen LogP contribution in [0.1, 0.15) is 36.3 Å². The van der Waals surface area contributed by atoms with Gasteiger partial charge in [0.1, 0.15) is 0 Å². The van der Waals surface area contributed by atoms with E-state index in [4.69, 9.17) is 4.74 Å². The van der Waals surface area contributed by atoms with Crippen LogP contribution in [0.4, 0.5) is 13.2 Å². The van der Waals surface area contributed by atoms with E-state index < -0.39 is 17.7 Å². The van der Waals surface area contributed by atoms with Gasteiger partial charge in [-0.05, 0) is 47.6 Å². The van der Waals surface area contributed by atoms with Crippen molar-refractivity contribution in [3.8, 4) is 0 Å². The van der Waals surface area contributed by atoms with Gasteiger partial charge in [-0.15, -0.1) is 0 Å². The molecule has 0 saturated carbocycles. The fourth-order valence-electron chi connectivity index (χ4n) is 6.34. The van der Waals surface area contributed by atoms with Crippen LogP contribution in [0.3, 0.4) is 0 Å². The molecule has 0 aromatic heterocycles. The van der Waals surface area contributed by atoms with Gasteiger partial charge in [0.2, 0.25) is 0 Å². The molecule has 1 spiro atoms. The maximum absolute atomic E-state index is 14.8. The highest BCUT2D eigenvalue weighted by atomic mass is 19.4. The van der Waals surface area contributed by atoms with Gasteiger partial charge in [0.05, 0.1) is 0 Å². The van der Waals surface area contributed by atoms with Gasteiger partial charge in [-0.1, -0.05) is 72.8 Å². The Bertz CT molecular complexity index is 1220. The van der Waals surface area contributed by atoms with E-state index in [-0.39, 0.29) is 30.0 Å². The van der Waals surface area contributed by atoms with Gasteiger partial charge in [-0.2, -0.15) is 13.2 Å². The van der Waals surface area contributed by atoms with Crippen LogP contribution in [0, 0.1) is 5.41 Å². The molecule has 36 heavy (non-hydrogen) atoms. The highest BCUT2D eigenvalue weighted by Gasteiger charge is 2.64. The normalized spacial score (nSPS) is 21.9. The summed E-state index contributed by atoms with van der Waals surface area (Å²) >= 11 is 0.